The summed E-state index contributed by atoms with van der Waals surface area (Å²) in [6.45, 7) is 6.28. The van der Waals surface area contributed by atoms with E-state index in [0.717, 1.165) is 57.9 Å². The van der Waals surface area contributed by atoms with Crippen LogP contribution in [0.25, 0.3) is 20.9 Å². The minimum atomic E-state index is 0.0967. The number of pyridine rings is 1. The molecule has 3 aromatic rings. The van der Waals surface area contributed by atoms with Crippen LogP contribution in [-0.2, 0) is 4.79 Å². The van der Waals surface area contributed by atoms with Crippen molar-refractivity contribution < 1.29 is 4.79 Å². The van der Waals surface area contributed by atoms with Gasteiger partial charge in [0.1, 0.15) is 15.4 Å². The lowest BCUT2D eigenvalue weighted by molar-refractivity contribution is -0.120. The van der Waals surface area contributed by atoms with Crippen LogP contribution in [0, 0.1) is 12.8 Å². The third-order valence-electron chi connectivity index (χ3n) is 4.54. The van der Waals surface area contributed by atoms with Crippen molar-refractivity contribution >= 4 is 33.3 Å². The summed E-state index contributed by atoms with van der Waals surface area (Å²) in [5, 5.41) is 4.07. The fourth-order valence-corrected chi connectivity index (χ4v) is 4.07. The first kappa shape index (κ1) is 18.5. The van der Waals surface area contributed by atoms with Gasteiger partial charge in [-0.05, 0) is 55.7 Å². The molecular weight excluding hydrogens is 342 g/mol. The number of thiazole rings is 1. The van der Waals surface area contributed by atoms with E-state index in [4.69, 9.17) is 0 Å². The van der Waals surface area contributed by atoms with E-state index in [1.54, 1.807) is 17.5 Å². The van der Waals surface area contributed by atoms with Gasteiger partial charge in [0.2, 0.25) is 5.91 Å². The molecule has 0 aliphatic heterocycles. The third kappa shape index (κ3) is 4.10. The zero-order chi connectivity index (χ0) is 18.5. The molecule has 0 saturated heterocycles. The van der Waals surface area contributed by atoms with E-state index in [-0.39, 0.29) is 11.8 Å². The molecule has 5 heteroatoms. The molecule has 3 rings (SSSR count). The second-order valence-corrected chi connectivity index (χ2v) is 7.62. The number of carbonyl (C=O) groups excluding carboxylic acids is 1. The van der Waals surface area contributed by atoms with Crippen LogP contribution in [0.1, 0.15) is 45.1 Å². The van der Waals surface area contributed by atoms with Crippen molar-refractivity contribution in [2.75, 3.05) is 5.32 Å². The molecular formula is C21H25N3OS. The Labute approximate surface area is 158 Å². The number of hydrogen-bond acceptors (Lipinski definition) is 4. The van der Waals surface area contributed by atoms with Crippen LogP contribution in [0.2, 0.25) is 0 Å². The Morgan fingerprint density at radius 2 is 1.96 bits per heavy atom. The maximum atomic E-state index is 12.6. The summed E-state index contributed by atoms with van der Waals surface area (Å²) < 4.78 is 0. The Hall–Kier alpha value is -2.27. The smallest absolute Gasteiger partial charge is 0.227 e. The molecule has 2 heterocycles. The molecule has 0 unspecified atom stereocenters. The summed E-state index contributed by atoms with van der Waals surface area (Å²) in [6.07, 6.45) is 5.73. The van der Waals surface area contributed by atoms with Gasteiger partial charge in [-0.25, -0.2) is 9.97 Å². The highest BCUT2D eigenvalue weighted by Crippen LogP contribution is 2.31. The Morgan fingerprint density at radius 1 is 1.19 bits per heavy atom. The minimum Gasteiger partial charge on any atom is -0.326 e. The number of anilines is 1. The van der Waals surface area contributed by atoms with Gasteiger partial charge in [0.15, 0.2) is 0 Å². The Morgan fingerprint density at radius 3 is 2.62 bits per heavy atom. The zero-order valence-corrected chi connectivity index (χ0v) is 16.4. The molecule has 0 aliphatic rings. The Balaban J connectivity index is 1.79. The van der Waals surface area contributed by atoms with Crippen LogP contribution >= 0.6 is 11.3 Å². The molecule has 0 radical (unpaired) electrons. The lowest BCUT2D eigenvalue weighted by Gasteiger charge is -2.16. The summed E-state index contributed by atoms with van der Waals surface area (Å²) in [5.41, 5.74) is 3.91. The van der Waals surface area contributed by atoms with Crippen molar-refractivity contribution in [3.05, 3.63) is 42.1 Å². The van der Waals surface area contributed by atoms with E-state index in [1.807, 2.05) is 31.2 Å². The first-order chi connectivity index (χ1) is 12.6. The average Bonchev–Trinajstić information content (AvgIpc) is 3.07. The number of benzene rings is 1. The van der Waals surface area contributed by atoms with E-state index >= 15 is 0 Å². The van der Waals surface area contributed by atoms with Gasteiger partial charge >= 0.3 is 0 Å². The second kappa shape index (κ2) is 8.41. The van der Waals surface area contributed by atoms with Crippen molar-refractivity contribution in [2.45, 2.75) is 46.5 Å². The average molecular weight is 368 g/mol. The summed E-state index contributed by atoms with van der Waals surface area (Å²) >= 11 is 1.59. The molecule has 26 heavy (non-hydrogen) atoms. The van der Waals surface area contributed by atoms with Gasteiger partial charge in [0, 0.05) is 23.4 Å². The number of fused-ring (bicyclic) bond motifs is 1. The maximum Gasteiger partial charge on any atom is 0.227 e. The molecule has 2 aromatic heterocycles. The van der Waals surface area contributed by atoms with Crippen LogP contribution in [0.15, 0.2) is 36.5 Å². The van der Waals surface area contributed by atoms with Crippen molar-refractivity contribution in [3.8, 4) is 10.6 Å². The monoisotopic (exact) mass is 367 g/mol. The van der Waals surface area contributed by atoms with Crippen LogP contribution in [0.5, 0.6) is 0 Å². The van der Waals surface area contributed by atoms with Gasteiger partial charge in [-0.1, -0.05) is 38.0 Å². The lowest BCUT2D eigenvalue weighted by Crippen LogP contribution is -2.23. The molecule has 1 amide bonds. The first-order valence-corrected chi connectivity index (χ1v) is 10.1. The molecule has 1 N–H and O–H groups in total. The quantitative estimate of drug-likeness (QED) is 0.572. The van der Waals surface area contributed by atoms with Gasteiger partial charge < -0.3 is 5.32 Å². The largest absolute Gasteiger partial charge is 0.326 e. The van der Waals surface area contributed by atoms with Crippen LogP contribution in [0.3, 0.4) is 0 Å². The molecule has 1 aromatic carbocycles. The fraction of sp³-hybridized carbons (Fsp3) is 0.381. The number of aromatic nitrogens is 2. The molecule has 0 spiro atoms. The summed E-state index contributed by atoms with van der Waals surface area (Å²) in [5.74, 6) is 0.230. The van der Waals surface area contributed by atoms with Gasteiger partial charge in [-0.3, -0.25) is 4.79 Å². The van der Waals surface area contributed by atoms with Gasteiger partial charge in [-0.15, -0.1) is 0 Å². The number of rotatable bonds is 7. The summed E-state index contributed by atoms with van der Waals surface area (Å²) in [7, 11) is 0. The van der Waals surface area contributed by atoms with Crippen molar-refractivity contribution in [2.24, 2.45) is 5.92 Å². The van der Waals surface area contributed by atoms with E-state index in [2.05, 4.69) is 35.2 Å². The molecule has 0 fully saturated rings. The van der Waals surface area contributed by atoms with E-state index in [9.17, 15) is 4.79 Å². The standard InChI is InChI=1S/C21H25N3OS/c1-4-7-15(8-5-2)19(25)23-17-11-10-16(13-14(17)3)20-24-18-9-6-12-22-21(18)26-20/h6,9-13,15H,4-5,7-8H2,1-3H3,(H,23,25). The van der Waals surface area contributed by atoms with Gasteiger partial charge in [0.25, 0.3) is 0 Å². The summed E-state index contributed by atoms with van der Waals surface area (Å²) in [6, 6.07) is 9.97. The van der Waals surface area contributed by atoms with Crippen molar-refractivity contribution in [3.63, 3.8) is 0 Å². The number of aryl methyl sites for hydroxylation is 1. The predicted octanol–water partition coefficient (Wildman–Crippen LogP) is 5.82. The molecule has 0 aliphatic carbocycles. The topological polar surface area (TPSA) is 54.9 Å². The van der Waals surface area contributed by atoms with E-state index < -0.39 is 0 Å². The first-order valence-electron chi connectivity index (χ1n) is 9.25. The third-order valence-corrected chi connectivity index (χ3v) is 5.57. The fourth-order valence-electron chi connectivity index (χ4n) is 3.17. The highest BCUT2D eigenvalue weighted by atomic mass is 32.1. The Kier molecular flexibility index (Phi) is 5.99. The second-order valence-electron chi connectivity index (χ2n) is 6.64. The van der Waals surface area contributed by atoms with Crippen LogP contribution in [0.4, 0.5) is 5.69 Å². The molecule has 0 saturated carbocycles. The molecule has 4 nitrogen and oxygen atoms in total. The van der Waals surface area contributed by atoms with Gasteiger partial charge in [0.05, 0.1) is 0 Å². The highest BCUT2D eigenvalue weighted by molar-refractivity contribution is 7.21. The van der Waals surface area contributed by atoms with Crippen LogP contribution in [-0.4, -0.2) is 15.9 Å². The Bertz CT molecular complexity index is 864. The number of carbonyl (C=O) groups is 1. The van der Waals surface area contributed by atoms with E-state index in [0.29, 0.717) is 0 Å². The highest BCUT2D eigenvalue weighted by Gasteiger charge is 2.17. The number of nitrogens with one attached hydrogen (secondary N) is 1. The molecule has 136 valence electrons. The molecule has 0 bridgehead atoms. The SMILES string of the molecule is CCCC(CCC)C(=O)Nc1ccc(-c2nc3cccnc3s2)cc1C. The van der Waals surface area contributed by atoms with Crippen molar-refractivity contribution in [1.29, 1.82) is 0 Å². The normalized spacial score (nSPS) is 11.2. The predicted molar refractivity (Wildman–Crippen MR) is 110 cm³/mol. The maximum absolute atomic E-state index is 12.6. The van der Waals surface area contributed by atoms with Crippen molar-refractivity contribution in [1.82, 2.24) is 9.97 Å². The number of amides is 1. The number of nitrogens with zero attached hydrogens (tertiary/aromatic N) is 2. The lowest BCUT2D eigenvalue weighted by atomic mass is 9.97. The summed E-state index contributed by atoms with van der Waals surface area (Å²) in [4.78, 5) is 22.6. The van der Waals surface area contributed by atoms with E-state index in [1.165, 1.54) is 0 Å². The van der Waals surface area contributed by atoms with Gasteiger partial charge in [-0.2, -0.15) is 0 Å². The zero-order valence-electron chi connectivity index (χ0n) is 15.6. The van der Waals surface area contributed by atoms with Crippen LogP contribution < -0.4 is 5.32 Å². The minimum absolute atomic E-state index is 0.0967. The molecule has 0 atom stereocenters. The number of hydrogen-bond donors (Lipinski definition) is 1.